The van der Waals surface area contributed by atoms with Crippen LogP contribution in [0.5, 0.6) is 0 Å². The molecule has 1 aromatic heterocycles. The highest BCUT2D eigenvalue weighted by atomic mass is 16.4. The highest BCUT2D eigenvalue weighted by Crippen LogP contribution is 2.23. The molecule has 380 valence electrons. The first-order valence-electron chi connectivity index (χ1n) is 23.0. The number of quaternary nitrogens is 1. The second-order valence-corrected chi connectivity index (χ2v) is 17.7. The van der Waals surface area contributed by atoms with Crippen LogP contribution >= 0.6 is 0 Å². The Morgan fingerprint density at radius 3 is 2.03 bits per heavy atom. The Morgan fingerprint density at radius 2 is 1.43 bits per heavy atom. The summed E-state index contributed by atoms with van der Waals surface area (Å²) in [6, 6.07) is -3.40. The summed E-state index contributed by atoms with van der Waals surface area (Å²) in [7, 11) is 0. The Hall–Kier alpha value is -5.76. The number of hydrogen-bond donors (Lipinski definition) is 15. The van der Waals surface area contributed by atoms with Gasteiger partial charge >= 0.3 is 5.97 Å². The molecule has 0 saturated carbocycles. The van der Waals surface area contributed by atoms with Gasteiger partial charge in [0.15, 0.2) is 6.04 Å². The van der Waals surface area contributed by atoms with E-state index in [9.17, 15) is 58.8 Å². The van der Waals surface area contributed by atoms with Crippen LogP contribution < -0.4 is 54.4 Å². The van der Waals surface area contributed by atoms with Gasteiger partial charge in [0.25, 0.3) is 5.91 Å². The molecule has 1 aliphatic rings. The van der Waals surface area contributed by atoms with Gasteiger partial charge in [0.2, 0.25) is 35.4 Å². The van der Waals surface area contributed by atoms with Crippen molar-refractivity contribution in [2.75, 3.05) is 26.3 Å². The molecule has 7 amide bonds. The Bertz CT molecular complexity index is 2030. The molecule has 0 unspecified atom stereocenters. The van der Waals surface area contributed by atoms with E-state index in [4.69, 9.17) is 11.5 Å². The topological polar surface area (TPSA) is 400 Å². The van der Waals surface area contributed by atoms with Gasteiger partial charge in [0, 0.05) is 30.1 Å². The van der Waals surface area contributed by atoms with Gasteiger partial charge in [-0.2, -0.15) is 0 Å². The van der Waals surface area contributed by atoms with Gasteiger partial charge in [-0.15, -0.1) is 0 Å². The highest BCUT2D eigenvalue weighted by molar-refractivity contribution is 5.98. The zero-order valence-electron chi connectivity index (χ0n) is 39.5. The Labute approximate surface area is 395 Å². The van der Waals surface area contributed by atoms with E-state index >= 15 is 0 Å². The smallest absolute Gasteiger partial charge is 0.326 e. The predicted molar refractivity (Wildman–Crippen MR) is 247 cm³/mol. The molecule has 1 aromatic carbocycles. The lowest BCUT2D eigenvalue weighted by molar-refractivity contribution is -0.409. The van der Waals surface area contributed by atoms with Crippen molar-refractivity contribution in [1.82, 2.24) is 47.1 Å². The number of H-pyrrole nitrogens is 1. The molecule has 19 N–H and O–H groups in total. The summed E-state index contributed by atoms with van der Waals surface area (Å²) in [5.41, 5.74) is 16.2. The van der Waals surface area contributed by atoms with Crippen molar-refractivity contribution in [3.05, 3.63) is 36.0 Å². The molecule has 3 rings (SSSR count). The molecule has 2 heterocycles. The molecule has 68 heavy (non-hydrogen) atoms. The molecule has 2 aromatic rings. The second kappa shape index (κ2) is 27.3. The van der Waals surface area contributed by atoms with Crippen LogP contribution in [-0.2, 0) is 44.8 Å². The molecular formula is C44H73N12O12+. The van der Waals surface area contributed by atoms with E-state index in [1.807, 2.05) is 18.2 Å². The van der Waals surface area contributed by atoms with Crippen LogP contribution in [0.2, 0.25) is 0 Å². The lowest BCUT2D eigenvalue weighted by Gasteiger charge is -2.31. The number of nitrogens with two attached hydrogens (primary N) is 2. The quantitative estimate of drug-likeness (QED) is 0.0282. The molecule has 0 radical (unpaired) electrons. The highest BCUT2D eigenvalue weighted by Gasteiger charge is 2.41. The molecule has 0 aliphatic carbocycles. The predicted octanol–water partition coefficient (Wildman–Crippen LogP) is -4.67. The number of aromatic amines is 1. The fourth-order valence-electron chi connectivity index (χ4n) is 7.73. The number of benzene rings is 1. The van der Waals surface area contributed by atoms with Crippen LogP contribution in [0.3, 0.4) is 0 Å². The molecule has 0 spiro atoms. The minimum atomic E-state index is -1.71. The maximum Gasteiger partial charge on any atom is 0.326 e. The number of aliphatic carboxylic acids is 1. The number of amides is 7. The van der Waals surface area contributed by atoms with Crippen molar-refractivity contribution < 1.29 is 64.5 Å². The molecule has 1 saturated heterocycles. The zero-order valence-corrected chi connectivity index (χ0v) is 39.5. The summed E-state index contributed by atoms with van der Waals surface area (Å²) in [6.07, 6.45) is 0.578. The van der Waals surface area contributed by atoms with Gasteiger partial charge in [-0.1, -0.05) is 52.3 Å². The number of carboxylic acid groups (broad SMARTS) is 1. The van der Waals surface area contributed by atoms with Gasteiger partial charge in [0.1, 0.15) is 55.2 Å². The number of carboxylic acids is 1. The summed E-state index contributed by atoms with van der Waals surface area (Å²) in [5.74, 6) is -7.67. The van der Waals surface area contributed by atoms with Crippen molar-refractivity contribution >= 4 is 58.2 Å². The molecule has 24 heteroatoms. The van der Waals surface area contributed by atoms with Crippen LogP contribution in [0.1, 0.15) is 78.7 Å². The standard InChI is InChI=1S/C44H72N12O12/c1-6-23(4)34(40(64)52-31(43(67)68)17-22(2)3)54-38(62)32(21-58)53-41(65)35(24(5)59)55-39(63)33-14-10-16-56(33)42(66)30(18-25-19-49-28-12-8-7-11-26(25)28)51-37(61)29(13-9-15-48-44(46)47)50-36(60)27(45)20-57/h7-8,11-12,19,22-24,27,29-35,44,48-49,57-59H,6,9-10,13-18,20-21,45-47H2,1-5H3,(H,50,60)(H,51,61)(H,52,64)(H,53,65)(H,54,62)(H,55,63)(H,67,68)/p+1/t23-,24+,27-,29-,30-,31-,32-,33-,34-,35-/m0/s1. The van der Waals surface area contributed by atoms with Gasteiger partial charge in [-0.05, 0) is 69.0 Å². The number of carbonyl (C=O) groups excluding carboxylic acids is 7. The number of nitrogens with one attached hydrogen (secondary N) is 8. The van der Waals surface area contributed by atoms with Gasteiger partial charge in [-0.25, -0.2) is 4.79 Å². The van der Waals surface area contributed by atoms with E-state index < -0.39 is 127 Å². The molecule has 1 aliphatic heterocycles. The van der Waals surface area contributed by atoms with Crippen LogP contribution in [0.25, 0.3) is 10.9 Å². The number of hydrogen-bond acceptors (Lipinski definition) is 14. The summed E-state index contributed by atoms with van der Waals surface area (Å²) < 4.78 is 0. The van der Waals surface area contributed by atoms with E-state index in [1.54, 1.807) is 40.0 Å². The number of aromatic nitrogens is 1. The average Bonchev–Trinajstić information content (AvgIpc) is 3.96. The molecule has 1 fully saturated rings. The molecular weight excluding hydrogens is 889 g/mol. The number of carbonyl (C=O) groups is 8. The van der Waals surface area contributed by atoms with Gasteiger partial charge in [0.05, 0.1) is 12.7 Å². The first-order chi connectivity index (χ1) is 32.1. The van der Waals surface area contributed by atoms with Gasteiger partial charge < -0.3 is 79.4 Å². The fraction of sp³-hybridized carbons (Fsp3) is 0.636. The van der Waals surface area contributed by atoms with Crippen molar-refractivity contribution in [1.29, 1.82) is 0 Å². The Kier molecular flexibility index (Phi) is 22.7. The van der Waals surface area contributed by atoms with Crippen molar-refractivity contribution in [3.63, 3.8) is 0 Å². The minimum absolute atomic E-state index is 0.0563. The third-order valence-corrected chi connectivity index (χ3v) is 11.8. The number of nitrogens with zero attached hydrogens (tertiary/aromatic N) is 1. The van der Waals surface area contributed by atoms with Crippen LogP contribution in [0.4, 0.5) is 0 Å². The van der Waals surface area contributed by atoms with Crippen LogP contribution in [0.15, 0.2) is 30.5 Å². The van der Waals surface area contributed by atoms with E-state index in [2.05, 4.69) is 47.9 Å². The summed E-state index contributed by atoms with van der Waals surface area (Å²) in [5, 5.41) is 58.8. The maximum atomic E-state index is 14.6. The Morgan fingerprint density at radius 1 is 0.809 bits per heavy atom. The van der Waals surface area contributed by atoms with Crippen molar-refractivity contribution in [3.8, 4) is 0 Å². The van der Waals surface area contributed by atoms with Crippen molar-refractivity contribution in [2.45, 2.75) is 140 Å². The van der Waals surface area contributed by atoms with E-state index in [-0.39, 0.29) is 44.7 Å². The van der Waals surface area contributed by atoms with Crippen LogP contribution in [-0.4, -0.2) is 165 Å². The van der Waals surface area contributed by atoms with Crippen molar-refractivity contribution in [2.24, 2.45) is 23.3 Å². The molecule has 24 nitrogen and oxygen atoms in total. The normalized spacial score (nSPS) is 17.8. The SMILES string of the molecule is CC[C@H](C)[C@H](NC(=O)[C@H](CO)NC(=O)[C@@H](NC(=O)[C@@H]1CCCN1C(=O)[C@H](Cc1c[nH]c2ccccc12)NC(=O)[C@H](CCCNC(N)N)NC(=O)[C@@H]([NH3+])CO)[C@@H](C)O)C(=O)N[C@@H](CC(C)C)C(=O)O. The lowest BCUT2D eigenvalue weighted by atomic mass is 9.96. The number of aliphatic hydroxyl groups is 3. The number of para-hydroxylation sites is 1. The second-order valence-electron chi connectivity index (χ2n) is 17.7. The first-order valence-corrected chi connectivity index (χ1v) is 23.0. The number of rotatable bonds is 28. The van der Waals surface area contributed by atoms with E-state index in [0.717, 1.165) is 10.9 Å². The maximum absolute atomic E-state index is 14.6. The summed E-state index contributed by atoms with van der Waals surface area (Å²) in [6.45, 7) is 6.96. The van der Waals surface area contributed by atoms with Gasteiger partial charge in [-0.3, -0.25) is 38.9 Å². The summed E-state index contributed by atoms with van der Waals surface area (Å²) >= 11 is 0. The van der Waals surface area contributed by atoms with Crippen LogP contribution in [0, 0.1) is 11.8 Å². The third-order valence-electron chi connectivity index (χ3n) is 11.8. The Balaban J connectivity index is 1.85. The van der Waals surface area contributed by atoms with E-state index in [0.29, 0.717) is 24.8 Å². The zero-order chi connectivity index (χ0) is 50.8. The monoisotopic (exact) mass is 962 g/mol. The lowest BCUT2D eigenvalue weighted by Crippen LogP contribution is -2.70. The van der Waals surface area contributed by atoms with E-state index in [1.165, 1.54) is 11.8 Å². The fourth-order valence-corrected chi connectivity index (χ4v) is 7.73. The summed E-state index contributed by atoms with van der Waals surface area (Å²) in [4.78, 5) is 112. The average molecular weight is 962 g/mol. The first kappa shape index (κ1) is 56.6. The molecule has 10 atom stereocenters. The largest absolute Gasteiger partial charge is 0.480 e. The molecule has 0 bridgehead atoms. The number of fused-ring (bicyclic) bond motifs is 1. The third kappa shape index (κ3) is 16.5. The number of likely N-dealkylation sites (tertiary alicyclic amines) is 1. The minimum Gasteiger partial charge on any atom is -0.480 e. The number of aliphatic hydroxyl groups excluding tert-OH is 3.